The van der Waals surface area contributed by atoms with E-state index in [1.807, 2.05) is 0 Å². The van der Waals surface area contributed by atoms with Crippen molar-refractivity contribution >= 4 is 5.91 Å². The third-order valence-electron chi connectivity index (χ3n) is 3.88. The number of carbonyl (C=O) groups excluding carboxylic acids is 1. The van der Waals surface area contributed by atoms with Gasteiger partial charge in [0.25, 0.3) is 0 Å². The first-order valence-electron chi connectivity index (χ1n) is 5.82. The number of ether oxygens (including phenoxy) is 1. The molecule has 2 unspecified atom stereocenters. The predicted molar refractivity (Wildman–Crippen MR) is 57.0 cm³/mol. The van der Waals surface area contributed by atoms with Gasteiger partial charge >= 0.3 is 0 Å². The molecule has 4 N–H and O–H groups in total. The van der Waals surface area contributed by atoms with E-state index in [-0.39, 0.29) is 17.4 Å². The molecule has 1 amide bonds. The molecule has 1 spiro atoms. The van der Waals surface area contributed by atoms with E-state index in [1.165, 1.54) is 12.8 Å². The van der Waals surface area contributed by atoms with Crippen LogP contribution in [0.15, 0.2) is 0 Å². The van der Waals surface area contributed by atoms with Gasteiger partial charge in [0.2, 0.25) is 5.91 Å². The fraction of sp³-hybridized carbons (Fsp3) is 0.909. The summed E-state index contributed by atoms with van der Waals surface area (Å²) < 4.78 is 5.88. The van der Waals surface area contributed by atoms with Crippen LogP contribution in [0, 0.1) is 5.92 Å². The first-order chi connectivity index (χ1) is 7.13. The van der Waals surface area contributed by atoms with Crippen LogP contribution in [-0.2, 0) is 9.53 Å². The maximum Gasteiger partial charge on any atom is 0.234 e. The van der Waals surface area contributed by atoms with Gasteiger partial charge in [-0.25, -0.2) is 0 Å². The van der Waals surface area contributed by atoms with E-state index in [0.717, 1.165) is 32.3 Å². The number of amides is 1. The Morgan fingerprint density at radius 2 is 2.07 bits per heavy atom. The smallest absolute Gasteiger partial charge is 0.234 e. The highest BCUT2D eigenvalue weighted by molar-refractivity contribution is 5.79. The number of hydrogen-bond acceptors (Lipinski definition) is 3. The molecule has 1 saturated heterocycles. The second-order valence-electron chi connectivity index (χ2n) is 4.92. The third kappa shape index (κ3) is 2.16. The van der Waals surface area contributed by atoms with Crippen molar-refractivity contribution in [3.05, 3.63) is 0 Å². The van der Waals surface area contributed by atoms with Crippen LogP contribution >= 0.6 is 0 Å². The van der Waals surface area contributed by atoms with Crippen molar-refractivity contribution in [2.45, 2.75) is 50.2 Å². The summed E-state index contributed by atoms with van der Waals surface area (Å²) in [7, 11) is 0. The van der Waals surface area contributed by atoms with E-state index in [2.05, 4.69) is 0 Å². The molecule has 2 fully saturated rings. The predicted octanol–water partition coefficient (Wildman–Crippen LogP) is 0.538. The highest BCUT2D eigenvalue weighted by atomic mass is 16.5. The average molecular weight is 212 g/mol. The van der Waals surface area contributed by atoms with Gasteiger partial charge in [0.1, 0.15) is 0 Å². The average Bonchev–Trinajstić information content (AvgIpc) is 2.65. The molecule has 4 nitrogen and oxygen atoms in total. The maximum absolute atomic E-state index is 11.1. The summed E-state index contributed by atoms with van der Waals surface area (Å²) in [4.78, 5) is 11.1. The highest BCUT2D eigenvalue weighted by Crippen LogP contribution is 2.42. The molecule has 0 aromatic rings. The molecule has 0 bridgehead atoms. The van der Waals surface area contributed by atoms with Gasteiger partial charge in [0.15, 0.2) is 0 Å². The Labute approximate surface area is 90.3 Å². The zero-order valence-electron chi connectivity index (χ0n) is 9.08. The molecule has 2 atom stereocenters. The fourth-order valence-corrected chi connectivity index (χ4v) is 2.97. The lowest BCUT2D eigenvalue weighted by molar-refractivity contribution is -0.126. The van der Waals surface area contributed by atoms with Crippen LogP contribution in [0.25, 0.3) is 0 Å². The first kappa shape index (κ1) is 10.9. The Bertz CT molecular complexity index is 249. The lowest BCUT2D eigenvalue weighted by Crippen LogP contribution is -2.49. The van der Waals surface area contributed by atoms with Gasteiger partial charge in [-0.15, -0.1) is 0 Å². The standard InChI is InChI=1S/C11H20N2O2/c12-9(10(13)14)8-3-6-15-11(7-8)4-1-2-5-11/h8-9H,1-7,12H2,(H2,13,14). The molecule has 1 saturated carbocycles. The minimum Gasteiger partial charge on any atom is -0.375 e. The van der Waals surface area contributed by atoms with Gasteiger partial charge in [-0.05, 0) is 31.6 Å². The van der Waals surface area contributed by atoms with Gasteiger partial charge in [0.05, 0.1) is 11.6 Å². The molecule has 4 heteroatoms. The molecule has 1 heterocycles. The van der Waals surface area contributed by atoms with Crippen molar-refractivity contribution in [1.29, 1.82) is 0 Å². The summed E-state index contributed by atoms with van der Waals surface area (Å²) in [6.07, 6.45) is 6.49. The first-order valence-corrected chi connectivity index (χ1v) is 5.82. The molecule has 2 aliphatic rings. The minimum atomic E-state index is -0.494. The molecule has 0 aromatic carbocycles. The third-order valence-corrected chi connectivity index (χ3v) is 3.88. The molecular weight excluding hydrogens is 192 g/mol. The van der Waals surface area contributed by atoms with Crippen LogP contribution in [0.4, 0.5) is 0 Å². The Hall–Kier alpha value is -0.610. The normalized spacial score (nSPS) is 31.7. The summed E-state index contributed by atoms with van der Waals surface area (Å²) in [5, 5.41) is 0. The Balaban J connectivity index is 2.00. The van der Waals surface area contributed by atoms with E-state index >= 15 is 0 Å². The van der Waals surface area contributed by atoms with Crippen molar-refractivity contribution in [3.63, 3.8) is 0 Å². The van der Waals surface area contributed by atoms with Crippen molar-refractivity contribution in [1.82, 2.24) is 0 Å². The van der Waals surface area contributed by atoms with Crippen molar-refractivity contribution in [3.8, 4) is 0 Å². The van der Waals surface area contributed by atoms with Crippen LogP contribution in [0.2, 0.25) is 0 Å². The number of hydrogen-bond donors (Lipinski definition) is 2. The van der Waals surface area contributed by atoms with Crippen molar-refractivity contribution in [2.24, 2.45) is 17.4 Å². The maximum atomic E-state index is 11.1. The highest BCUT2D eigenvalue weighted by Gasteiger charge is 2.42. The molecule has 0 aromatic heterocycles. The minimum absolute atomic E-state index is 0.0238. The van der Waals surface area contributed by atoms with Crippen LogP contribution in [0.5, 0.6) is 0 Å². The Morgan fingerprint density at radius 3 is 2.67 bits per heavy atom. The quantitative estimate of drug-likeness (QED) is 0.701. The van der Waals surface area contributed by atoms with Crippen LogP contribution in [-0.4, -0.2) is 24.2 Å². The number of nitrogens with two attached hydrogens (primary N) is 2. The fourth-order valence-electron chi connectivity index (χ4n) is 2.97. The molecule has 15 heavy (non-hydrogen) atoms. The lowest BCUT2D eigenvalue weighted by atomic mass is 9.81. The molecule has 1 aliphatic carbocycles. The monoisotopic (exact) mass is 212 g/mol. The molecule has 1 aliphatic heterocycles. The Morgan fingerprint density at radius 1 is 1.40 bits per heavy atom. The van der Waals surface area contributed by atoms with Gasteiger partial charge in [-0.1, -0.05) is 12.8 Å². The van der Waals surface area contributed by atoms with Gasteiger partial charge < -0.3 is 16.2 Å². The summed E-state index contributed by atoms with van der Waals surface area (Å²) >= 11 is 0. The number of primary amides is 1. The second-order valence-corrected chi connectivity index (χ2v) is 4.92. The van der Waals surface area contributed by atoms with Crippen LogP contribution in [0.1, 0.15) is 38.5 Å². The zero-order valence-corrected chi connectivity index (χ0v) is 9.08. The summed E-state index contributed by atoms with van der Waals surface area (Å²) in [6.45, 7) is 0.728. The van der Waals surface area contributed by atoms with Gasteiger partial charge in [0, 0.05) is 6.61 Å². The van der Waals surface area contributed by atoms with Crippen molar-refractivity contribution < 1.29 is 9.53 Å². The molecular formula is C11H20N2O2. The second kappa shape index (κ2) is 4.10. The number of rotatable bonds is 2. The van der Waals surface area contributed by atoms with E-state index < -0.39 is 6.04 Å². The van der Waals surface area contributed by atoms with E-state index in [4.69, 9.17) is 16.2 Å². The lowest BCUT2D eigenvalue weighted by Gasteiger charge is -2.39. The van der Waals surface area contributed by atoms with Gasteiger partial charge in [-0.2, -0.15) is 0 Å². The molecule has 2 rings (SSSR count). The molecule has 0 radical (unpaired) electrons. The van der Waals surface area contributed by atoms with Crippen molar-refractivity contribution in [2.75, 3.05) is 6.61 Å². The topological polar surface area (TPSA) is 78.3 Å². The zero-order chi connectivity index (χ0) is 10.9. The summed E-state index contributed by atoms with van der Waals surface area (Å²) in [6, 6.07) is -0.494. The van der Waals surface area contributed by atoms with E-state index in [9.17, 15) is 4.79 Å². The SMILES string of the molecule is NC(=O)C(N)C1CCOC2(CCCC2)C1. The van der Waals surface area contributed by atoms with Gasteiger partial charge in [-0.3, -0.25) is 4.79 Å². The number of carbonyl (C=O) groups is 1. The Kier molecular flexibility index (Phi) is 2.98. The molecule has 86 valence electrons. The summed E-state index contributed by atoms with van der Waals surface area (Å²) in [5.41, 5.74) is 11.1. The van der Waals surface area contributed by atoms with Crippen LogP contribution < -0.4 is 11.5 Å². The summed E-state index contributed by atoms with van der Waals surface area (Å²) in [5.74, 6) is -0.163. The van der Waals surface area contributed by atoms with E-state index in [0.29, 0.717) is 0 Å². The van der Waals surface area contributed by atoms with E-state index in [1.54, 1.807) is 0 Å². The largest absolute Gasteiger partial charge is 0.375 e. The van der Waals surface area contributed by atoms with Crippen LogP contribution in [0.3, 0.4) is 0 Å².